The van der Waals surface area contributed by atoms with Crippen molar-refractivity contribution in [3.63, 3.8) is 0 Å². The van der Waals surface area contributed by atoms with E-state index in [9.17, 15) is 8.42 Å². The fourth-order valence-corrected chi connectivity index (χ4v) is 1.93. The molecule has 0 atom stereocenters. The number of aromatic nitrogens is 2. The quantitative estimate of drug-likeness (QED) is 0.770. The van der Waals surface area contributed by atoms with Gasteiger partial charge >= 0.3 is 10.1 Å². The molecule has 0 radical (unpaired) electrons. The normalized spacial score (nSPS) is 11.2. The van der Waals surface area contributed by atoms with Gasteiger partial charge in [0.05, 0.1) is 6.20 Å². The van der Waals surface area contributed by atoms with Crippen LogP contribution in [0.3, 0.4) is 0 Å². The first kappa shape index (κ1) is 9.72. The SMILES string of the molecule is O=S(=O)(On1ccnc1)c1ccccc1. The highest BCUT2D eigenvalue weighted by atomic mass is 32.2. The Hall–Kier alpha value is -1.82. The van der Waals surface area contributed by atoms with Crippen LogP contribution in [0.2, 0.25) is 0 Å². The van der Waals surface area contributed by atoms with Gasteiger partial charge < -0.3 is 0 Å². The van der Waals surface area contributed by atoms with Gasteiger partial charge in [-0.2, -0.15) is 13.1 Å². The molecule has 5 nitrogen and oxygen atoms in total. The Bertz CT molecular complexity index is 520. The van der Waals surface area contributed by atoms with Crippen LogP contribution < -0.4 is 4.28 Å². The molecular formula is C9H8N2O3S. The van der Waals surface area contributed by atoms with Gasteiger partial charge in [-0.1, -0.05) is 18.2 Å². The van der Waals surface area contributed by atoms with Gasteiger partial charge in [0.1, 0.15) is 11.2 Å². The summed E-state index contributed by atoms with van der Waals surface area (Å²) in [5.41, 5.74) is 0. The smallest absolute Gasteiger partial charge is 0.283 e. The largest absolute Gasteiger partial charge is 0.357 e. The maximum Gasteiger partial charge on any atom is 0.357 e. The van der Waals surface area contributed by atoms with Crippen LogP contribution in [0.1, 0.15) is 0 Å². The molecule has 0 N–H and O–H groups in total. The first-order valence-corrected chi connectivity index (χ1v) is 5.57. The summed E-state index contributed by atoms with van der Waals surface area (Å²) in [6.45, 7) is 0. The number of nitrogens with zero attached hydrogens (tertiary/aromatic N) is 2. The Morgan fingerprint density at radius 2 is 1.93 bits per heavy atom. The molecule has 1 aromatic carbocycles. The van der Waals surface area contributed by atoms with Crippen molar-refractivity contribution >= 4 is 10.1 Å². The van der Waals surface area contributed by atoms with Crippen LogP contribution in [0.25, 0.3) is 0 Å². The summed E-state index contributed by atoms with van der Waals surface area (Å²) in [4.78, 5) is 3.78. The van der Waals surface area contributed by atoms with Crippen LogP contribution in [-0.4, -0.2) is 18.1 Å². The first-order chi connectivity index (χ1) is 7.18. The zero-order valence-corrected chi connectivity index (χ0v) is 8.46. The molecule has 1 aromatic heterocycles. The van der Waals surface area contributed by atoms with Crippen molar-refractivity contribution < 1.29 is 12.7 Å². The average molecular weight is 224 g/mol. The summed E-state index contributed by atoms with van der Waals surface area (Å²) < 4.78 is 29.0. The van der Waals surface area contributed by atoms with Crippen molar-refractivity contribution in [3.8, 4) is 0 Å². The molecule has 6 heteroatoms. The van der Waals surface area contributed by atoms with E-state index >= 15 is 0 Å². The highest BCUT2D eigenvalue weighted by Gasteiger charge is 2.15. The molecule has 2 rings (SSSR count). The second-order valence-electron chi connectivity index (χ2n) is 2.76. The third-order valence-corrected chi connectivity index (χ3v) is 2.91. The van der Waals surface area contributed by atoms with E-state index in [0.29, 0.717) is 0 Å². The minimum absolute atomic E-state index is 0.110. The lowest BCUT2D eigenvalue weighted by molar-refractivity contribution is 0.278. The molecule has 0 fully saturated rings. The van der Waals surface area contributed by atoms with E-state index in [4.69, 9.17) is 4.28 Å². The van der Waals surface area contributed by atoms with E-state index in [-0.39, 0.29) is 4.90 Å². The second-order valence-corrected chi connectivity index (χ2v) is 4.29. The van der Waals surface area contributed by atoms with Gasteiger partial charge in [0, 0.05) is 6.20 Å². The number of rotatable bonds is 3. The molecule has 0 spiro atoms. The second kappa shape index (κ2) is 3.74. The Balaban J connectivity index is 2.29. The fraction of sp³-hybridized carbons (Fsp3) is 0. The topological polar surface area (TPSA) is 61.2 Å². The lowest BCUT2D eigenvalue weighted by Gasteiger charge is -2.05. The van der Waals surface area contributed by atoms with Crippen molar-refractivity contribution in [2.75, 3.05) is 0 Å². The van der Waals surface area contributed by atoms with Gasteiger partial charge in [-0.15, -0.1) is 0 Å². The van der Waals surface area contributed by atoms with Gasteiger partial charge in [-0.25, -0.2) is 4.98 Å². The number of imidazole rings is 1. The first-order valence-electron chi connectivity index (χ1n) is 4.16. The average Bonchev–Trinajstić information content (AvgIpc) is 2.71. The molecule has 0 aliphatic carbocycles. The molecule has 0 saturated carbocycles. The molecule has 78 valence electrons. The van der Waals surface area contributed by atoms with Gasteiger partial charge in [-0.05, 0) is 12.1 Å². The van der Waals surface area contributed by atoms with Gasteiger partial charge in [0.25, 0.3) is 0 Å². The Kier molecular flexibility index (Phi) is 2.42. The van der Waals surface area contributed by atoms with Crippen LogP contribution in [0.4, 0.5) is 0 Å². The molecular weight excluding hydrogens is 216 g/mol. The summed E-state index contributed by atoms with van der Waals surface area (Å²) >= 11 is 0. The maximum atomic E-state index is 11.6. The molecule has 0 saturated heterocycles. The molecule has 1 heterocycles. The molecule has 0 bridgehead atoms. The van der Waals surface area contributed by atoms with Crippen LogP contribution in [0.5, 0.6) is 0 Å². The molecule has 15 heavy (non-hydrogen) atoms. The number of hydrogen-bond acceptors (Lipinski definition) is 4. The van der Waals surface area contributed by atoms with Crippen LogP contribution >= 0.6 is 0 Å². The zero-order chi connectivity index (χ0) is 10.7. The minimum atomic E-state index is -3.76. The summed E-state index contributed by atoms with van der Waals surface area (Å²) in [7, 11) is -3.76. The van der Waals surface area contributed by atoms with E-state index in [1.165, 1.54) is 30.9 Å². The summed E-state index contributed by atoms with van der Waals surface area (Å²) in [6, 6.07) is 7.92. The van der Waals surface area contributed by atoms with Gasteiger partial charge in [0.15, 0.2) is 0 Å². The van der Waals surface area contributed by atoms with Crippen molar-refractivity contribution in [3.05, 3.63) is 49.1 Å². The molecule has 0 aliphatic heterocycles. The molecule has 0 amide bonds. The molecule has 0 aliphatic rings. The van der Waals surface area contributed by atoms with Crippen LogP contribution in [-0.2, 0) is 10.1 Å². The fourth-order valence-electron chi connectivity index (χ4n) is 1.03. The number of hydrogen-bond donors (Lipinski definition) is 0. The predicted molar refractivity (Wildman–Crippen MR) is 52.4 cm³/mol. The monoisotopic (exact) mass is 224 g/mol. The van der Waals surface area contributed by atoms with Gasteiger partial charge in [0.2, 0.25) is 0 Å². The molecule has 2 aromatic rings. The third-order valence-electron chi connectivity index (χ3n) is 1.70. The van der Waals surface area contributed by atoms with E-state index in [1.54, 1.807) is 18.2 Å². The Morgan fingerprint density at radius 3 is 2.53 bits per heavy atom. The van der Waals surface area contributed by atoms with E-state index in [2.05, 4.69) is 4.98 Å². The van der Waals surface area contributed by atoms with E-state index < -0.39 is 10.1 Å². The molecule has 0 unspecified atom stereocenters. The van der Waals surface area contributed by atoms with Gasteiger partial charge in [-0.3, -0.25) is 4.28 Å². The van der Waals surface area contributed by atoms with E-state index in [0.717, 1.165) is 4.73 Å². The van der Waals surface area contributed by atoms with E-state index in [1.807, 2.05) is 0 Å². The van der Waals surface area contributed by atoms with Crippen LogP contribution in [0.15, 0.2) is 53.9 Å². The maximum absolute atomic E-state index is 11.6. The van der Waals surface area contributed by atoms with Crippen molar-refractivity contribution in [2.45, 2.75) is 4.90 Å². The minimum Gasteiger partial charge on any atom is -0.283 e. The van der Waals surface area contributed by atoms with Crippen molar-refractivity contribution in [2.24, 2.45) is 0 Å². The zero-order valence-electron chi connectivity index (χ0n) is 7.65. The summed E-state index contributed by atoms with van der Waals surface area (Å²) in [6.07, 6.45) is 4.10. The number of benzene rings is 1. The third kappa shape index (κ3) is 2.16. The van der Waals surface area contributed by atoms with Crippen LogP contribution in [0, 0.1) is 0 Å². The lowest BCUT2D eigenvalue weighted by Crippen LogP contribution is -2.18. The lowest BCUT2D eigenvalue weighted by atomic mass is 10.4. The summed E-state index contributed by atoms with van der Waals surface area (Å²) in [5, 5.41) is 0. The predicted octanol–water partition coefficient (Wildman–Crippen LogP) is 0.701. The Morgan fingerprint density at radius 1 is 1.20 bits per heavy atom. The Labute approximate surface area is 87.0 Å². The summed E-state index contributed by atoms with van der Waals surface area (Å²) in [5.74, 6) is 0. The standard InChI is InChI=1S/C9H8N2O3S/c12-15(13,9-4-2-1-3-5-9)14-11-7-6-10-8-11/h1-8H. The van der Waals surface area contributed by atoms with Crippen molar-refractivity contribution in [1.29, 1.82) is 0 Å². The van der Waals surface area contributed by atoms with Crippen molar-refractivity contribution in [1.82, 2.24) is 9.71 Å². The highest BCUT2D eigenvalue weighted by molar-refractivity contribution is 7.87. The highest BCUT2D eigenvalue weighted by Crippen LogP contribution is 2.08.